The summed E-state index contributed by atoms with van der Waals surface area (Å²) >= 11 is 0. The van der Waals surface area contributed by atoms with E-state index in [9.17, 15) is 0 Å². The summed E-state index contributed by atoms with van der Waals surface area (Å²) in [6.45, 7) is 4.06. The lowest BCUT2D eigenvalue weighted by Gasteiger charge is -2.30. The smallest absolute Gasteiger partial charge is 0.0603 e. The van der Waals surface area contributed by atoms with Crippen molar-refractivity contribution in [1.29, 1.82) is 0 Å². The Balaban J connectivity index is 2.07. The zero-order chi connectivity index (χ0) is 10.9. The molecule has 2 N–H and O–H groups in total. The number of hydrogen-bond acceptors (Lipinski definition) is 2. The first-order valence-corrected chi connectivity index (χ1v) is 6.70. The van der Waals surface area contributed by atoms with Crippen LogP contribution in [-0.4, -0.2) is 19.3 Å². The van der Waals surface area contributed by atoms with E-state index in [1.165, 1.54) is 44.9 Å². The molecular formula is C13H27NO. The summed E-state index contributed by atoms with van der Waals surface area (Å²) in [7, 11) is 0. The normalized spacial score (nSPS) is 26.8. The van der Waals surface area contributed by atoms with E-state index in [4.69, 9.17) is 10.5 Å². The van der Waals surface area contributed by atoms with Crippen molar-refractivity contribution in [3.8, 4) is 0 Å². The minimum absolute atomic E-state index is 0.557. The van der Waals surface area contributed by atoms with E-state index in [2.05, 4.69) is 6.92 Å². The molecule has 0 saturated heterocycles. The van der Waals surface area contributed by atoms with Crippen LogP contribution in [0.2, 0.25) is 0 Å². The Morgan fingerprint density at radius 3 is 2.67 bits per heavy atom. The number of unbranched alkanes of at least 4 members (excludes halogenated alkanes) is 2. The standard InChI is InChI=1S/C13H27NO/c1-2-12-8-4-5-9-13(12)15-11-7-3-6-10-14/h12-13H,2-11,14H2,1H3. The van der Waals surface area contributed by atoms with Crippen molar-refractivity contribution in [2.75, 3.05) is 13.2 Å². The summed E-state index contributed by atoms with van der Waals surface area (Å²) in [5.41, 5.74) is 5.46. The highest BCUT2D eigenvalue weighted by Gasteiger charge is 2.23. The SMILES string of the molecule is CCC1CCCCC1OCCCCCN. The van der Waals surface area contributed by atoms with Crippen molar-refractivity contribution in [2.45, 2.75) is 64.4 Å². The lowest BCUT2D eigenvalue weighted by molar-refractivity contribution is -0.0134. The van der Waals surface area contributed by atoms with Gasteiger partial charge in [0.2, 0.25) is 0 Å². The third-order valence-corrected chi connectivity index (χ3v) is 3.54. The largest absolute Gasteiger partial charge is 0.378 e. The first-order valence-electron chi connectivity index (χ1n) is 6.70. The van der Waals surface area contributed by atoms with Crippen LogP contribution in [0.1, 0.15) is 58.3 Å². The second kappa shape index (κ2) is 8.12. The van der Waals surface area contributed by atoms with Crippen LogP contribution in [0.4, 0.5) is 0 Å². The Hall–Kier alpha value is -0.0800. The maximum Gasteiger partial charge on any atom is 0.0603 e. The van der Waals surface area contributed by atoms with E-state index in [1.807, 2.05) is 0 Å². The van der Waals surface area contributed by atoms with Gasteiger partial charge >= 0.3 is 0 Å². The van der Waals surface area contributed by atoms with Gasteiger partial charge in [-0.25, -0.2) is 0 Å². The fourth-order valence-corrected chi connectivity index (χ4v) is 2.52. The lowest BCUT2D eigenvalue weighted by Crippen LogP contribution is -2.27. The van der Waals surface area contributed by atoms with E-state index in [0.717, 1.165) is 25.5 Å². The van der Waals surface area contributed by atoms with E-state index < -0.39 is 0 Å². The van der Waals surface area contributed by atoms with Gasteiger partial charge in [0.25, 0.3) is 0 Å². The number of nitrogens with two attached hydrogens (primary N) is 1. The van der Waals surface area contributed by atoms with Gasteiger partial charge in [-0.15, -0.1) is 0 Å². The Morgan fingerprint density at radius 1 is 1.13 bits per heavy atom. The molecule has 1 saturated carbocycles. The van der Waals surface area contributed by atoms with Crippen molar-refractivity contribution in [2.24, 2.45) is 11.7 Å². The van der Waals surface area contributed by atoms with E-state index in [-0.39, 0.29) is 0 Å². The molecule has 90 valence electrons. The molecular weight excluding hydrogens is 186 g/mol. The van der Waals surface area contributed by atoms with Crippen LogP contribution in [0, 0.1) is 5.92 Å². The molecule has 0 radical (unpaired) electrons. The van der Waals surface area contributed by atoms with E-state index >= 15 is 0 Å². The zero-order valence-corrected chi connectivity index (χ0v) is 10.2. The first-order chi connectivity index (χ1) is 7.38. The summed E-state index contributed by atoms with van der Waals surface area (Å²) in [6.07, 6.45) is 10.8. The molecule has 1 aliphatic carbocycles. The van der Waals surface area contributed by atoms with Crippen LogP contribution in [0.3, 0.4) is 0 Å². The number of hydrogen-bond donors (Lipinski definition) is 1. The van der Waals surface area contributed by atoms with E-state index in [0.29, 0.717) is 6.10 Å². The molecule has 2 nitrogen and oxygen atoms in total. The Kier molecular flexibility index (Phi) is 7.03. The van der Waals surface area contributed by atoms with Crippen LogP contribution in [0.15, 0.2) is 0 Å². The van der Waals surface area contributed by atoms with Gasteiger partial charge in [0.05, 0.1) is 6.10 Å². The van der Waals surface area contributed by atoms with Gasteiger partial charge < -0.3 is 10.5 Å². The van der Waals surface area contributed by atoms with Crippen molar-refractivity contribution >= 4 is 0 Å². The predicted octanol–water partition coefficient (Wildman–Crippen LogP) is 3.10. The van der Waals surface area contributed by atoms with E-state index in [1.54, 1.807) is 0 Å². The average Bonchev–Trinajstić information content (AvgIpc) is 2.29. The minimum Gasteiger partial charge on any atom is -0.378 e. The minimum atomic E-state index is 0.557. The predicted molar refractivity (Wildman–Crippen MR) is 64.9 cm³/mol. The lowest BCUT2D eigenvalue weighted by atomic mass is 9.85. The molecule has 0 aromatic carbocycles. The number of rotatable bonds is 7. The third kappa shape index (κ3) is 4.98. The molecule has 2 unspecified atom stereocenters. The topological polar surface area (TPSA) is 35.2 Å². The molecule has 15 heavy (non-hydrogen) atoms. The summed E-state index contributed by atoms with van der Waals surface area (Å²) in [5.74, 6) is 0.827. The molecule has 1 aliphatic rings. The van der Waals surface area contributed by atoms with Crippen molar-refractivity contribution in [1.82, 2.24) is 0 Å². The molecule has 0 aromatic heterocycles. The molecule has 0 amide bonds. The highest BCUT2D eigenvalue weighted by Crippen LogP contribution is 2.29. The molecule has 0 aliphatic heterocycles. The summed E-state index contributed by atoms with van der Waals surface area (Å²) in [6, 6.07) is 0. The van der Waals surface area contributed by atoms with Crippen LogP contribution in [0.25, 0.3) is 0 Å². The molecule has 2 heteroatoms. The Labute approximate surface area is 94.6 Å². The molecule has 0 bridgehead atoms. The molecule has 1 rings (SSSR count). The molecule has 0 heterocycles. The molecule has 0 aromatic rings. The first kappa shape index (κ1) is 13.0. The monoisotopic (exact) mass is 213 g/mol. The van der Waals surface area contributed by atoms with Gasteiger partial charge in [0.1, 0.15) is 0 Å². The molecule has 0 spiro atoms. The highest BCUT2D eigenvalue weighted by atomic mass is 16.5. The Bertz CT molecular complexity index is 149. The molecule has 1 fully saturated rings. The van der Waals surface area contributed by atoms with Gasteiger partial charge in [-0.1, -0.05) is 26.2 Å². The van der Waals surface area contributed by atoms with Gasteiger partial charge in [-0.3, -0.25) is 0 Å². The fraction of sp³-hybridized carbons (Fsp3) is 1.00. The van der Waals surface area contributed by atoms with Crippen LogP contribution < -0.4 is 5.73 Å². The fourth-order valence-electron chi connectivity index (χ4n) is 2.52. The second-order valence-corrected chi connectivity index (χ2v) is 4.71. The van der Waals surface area contributed by atoms with Crippen LogP contribution in [-0.2, 0) is 4.74 Å². The van der Waals surface area contributed by atoms with Crippen molar-refractivity contribution in [3.63, 3.8) is 0 Å². The quantitative estimate of drug-likeness (QED) is 0.660. The third-order valence-electron chi connectivity index (χ3n) is 3.54. The Morgan fingerprint density at radius 2 is 1.93 bits per heavy atom. The number of ether oxygens (including phenoxy) is 1. The van der Waals surface area contributed by atoms with Gasteiger partial charge in [-0.2, -0.15) is 0 Å². The van der Waals surface area contributed by atoms with Crippen LogP contribution in [0.5, 0.6) is 0 Å². The van der Waals surface area contributed by atoms with Gasteiger partial charge in [0.15, 0.2) is 0 Å². The summed E-state index contributed by atoms with van der Waals surface area (Å²) in [5, 5.41) is 0. The maximum atomic E-state index is 5.99. The zero-order valence-electron chi connectivity index (χ0n) is 10.2. The van der Waals surface area contributed by atoms with Crippen molar-refractivity contribution < 1.29 is 4.74 Å². The van der Waals surface area contributed by atoms with Crippen molar-refractivity contribution in [3.05, 3.63) is 0 Å². The highest BCUT2D eigenvalue weighted by molar-refractivity contribution is 4.74. The van der Waals surface area contributed by atoms with Crippen LogP contribution >= 0.6 is 0 Å². The maximum absolute atomic E-state index is 5.99. The van der Waals surface area contributed by atoms with Gasteiger partial charge in [0, 0.05) is 6.61 Å². The summed E-state index contributed by atoms with van der Waals surface area (Å²) in [4.78, 5) is 0. The molecule has 2 atom stereocenters. The second-order valence-electron chi connectivity index (χ2n) is 4.71. The summed E-state index contributed by atoms with van der Waals surface area (Å²) < 4.78 is 5.99. The average molecular weight is 213 g/mol. The van der Waals surface area contributed by atoms with Gasteiger partial charge in [-0.05, 0) is 44.6 Å².